The van der Waals surface area contributed by atoms with Crippen LogP contribution in [0.4, 0.5) is 27.3 Å². The van der Waals surface area contributed by atoms with Gasteiger partial charge < -0.3 is 28.8 Å². The average molecular weight is 696 g/mol. The van der Waals surface area contributed by atoms with E-state index in [0.29, 0.717) is 28.8 Å². The number of hydrogen-bond acceptors (Lipinski definition) is 9. The molecule has 0 radical (unpaired) electrons. The van der Waals surface area contributed by atoms with Crippen molar-refractivity contribution in [2.45, 2.75) is 57.6 Å². The second-order valence-electron chi connectivity index (χ2n) is 13.9. The molecule has 0 bridgehead atoms. The van der Waals surface area contributed by atoms with Crippen LogP contribution in [-0.2, 0) is 53.1 Å². The third-order valence-corrected chi connectivity index (χ3v) is 10.6. The maximum absolute atomic E-state index is 18.3. The summed E-state index contributed by atoms with van der Waals surface area (Å²) in [7, 11) is 1.57. The number of aryl methyl sites for hydroxylation is 2. The van der Waals surface area contributed by atoms with E-state index in [4.69, 9.17) is 9.47 Å². The first-order valence-electron chi connectivity index (χ1n) is 17.7. The molecule has 8 rings (SSSR count). The Labute approximate surface area is 295 Å². The molecule has 3 aromatic heterocycles. The van der Waals surface area contributed by atoms with Crippen molar-refractivity contribution in [2.24, 2.45) is 7.05 Å². The van der Waals surface area contributed by atoms with E-state index < -0.39 is 17.7 Å². The molecule has 1 N–H and O–H groups in total. The quantitative estimate of drug-likeness (QED) is 0.213. The Balaban J connectivity index is 1.12. The van der Waals surface area contributed by atoms with E-state index in [9.17, 15) is 14.4 Å². The number of amides is 1. The molecule has 51 heavy (non-hydrogen) atoms. The minimum atomic E-state index is -2.37. The van der Waals surface area contributed by atoms with Gasteiger partial charge in [0, 0.05) is 63.3 Å². The lowest BCUT2D eigenvalue weighted by atomic mass is 9.97. The van der Waals surface area contributed by atoms with Crippen LogP contribution in [0.2, 0.25) is 0 Å². The van der Waals surface area contributed by atoms with Crippen LogP contribution in [0.25, 0.3) is 0 Å². The van der Waals surface area contributed by atoms with Crippen LogP contribution in [0.15, 0.2) is 65.7 Å². The van der Waals surface area contributed by atoms with Gasteiger partial charge in [0.1, 0.15) is 23.8 Å². The largest absolute Gasteiger partial charge is 0.461 e. The number of pyridine rings is 2. The van der Waals surface area contributed by atoms with E-state index in [1.54, 1.807) is 37.5 Å². The smallest absolute Gasteiger partial charge is 0.302 e. The first-order chi connectivity index (χ1) is 24.7. The molecule has 266 valence electrons. The lowest BCUT2D eigenvalue weighted by Gasteiger charge is -2.43. The van der Waals surface area contributed by atoms with Crippen LogP contribution < -0.4 is 20.7 Å². The third-order valence-electron chi connectivity index (χ3n) is 10.6. The van der Waals surface area contributed by atoms with Gasteiger partial charge in [-0.1, -0.05) is 12.1 Å². The Hall–Kier alpha value is -5.01. The van der Waals surface area contributed by atoms with Crippen LogP contribution in [0.1, 0.15) is 52.6 Å². The predicted octanol–water partition coefficient (Wildman–Crippen LogP) is 4.27. The first kappa shape index (κ1) is 33.2. The van der Waals surface area contributed by atoms with E-state index in [1.807, 2.05) is 22.8 Å². The van der Waals surface area contributed by atoms with Crippen molar-refractivity contribution in [1.29, 1.82) is 0 Å². The van der Waals surface area contributed by atoms with Crippen molar-refractivity contribution in [3.63, 3.8) is 0 Å². The number of nitrogens with one attached hydrogen (secondary N) is 1. The van der Waals surface area contributed by atoms with Crippen LogP contribution in [0.5, 0.6) is 0 Å². The number of carbonyl (C=O) groups is 2. The number of esters is 1. The highest BCUT2D eigenvalue weighted by atomic mass is 19.1. The van der Waals surface area contributed by atoms with E-state index in [-0.39, 0.29) is 30.0 Å². The number of aromatic nitrogens is 3. The van der Waals surface area contributed by atoms with Crippen molar-refractivity contribution in [2.75, 3.05) is 54.5 Å². The van der Waals surface area contributed by atoms with E-state index in [2.05, 4.69) is 20.1 Å². The van der Waals surface area contributed by atoms with Gasteiger partial charge >= 0.3 is 5.97 Å². The van der Waals surface area contributed by atoms with Gasteiger partial charge in [0.2, 0.25) is 5.79 Å². The summed E-state index contributed by atoms with van der Waals surface area (Å²) >= 11 is 0. The predicted molar refractivity (Wildman–Crippen MR) is 190 cm³/mol. The fourth-order valence-corrected chi connectivity index (χ4v) is 7.77. The molecule has 4 aromatic rings. The summed E-state index contributed by atoms with van der Waals surface area (Å²) in [5.74, 6) is -2.85. The lowest BCUT2D eigenvalue weighted by molar-refractivity contribution is -0.142. The number of rotatable bonds is 8. The summed E-state index contributed by atoms with van der Waals surface area (Å²) in [4.78, 5) is 50.0. The van der Waals surface area contributed by atoms with Gasteiger partial charge in [-0.05, 0) is 73.2 Å². The number of ether oxygens (including phenoxy) is 2. The van der Waals surface area contributed by atoms with Crippen LogP contribution >= 0.6 is 0 Å². The Bertz CT molecular complexity index is 2030. The topological polar surface area (TPSA) is 114 Å². The molecule has 6 heterocycles. The molecule has 0 saturated carbocycles. The van der Waals surface area contributed by atoms with Crippen molar-refractivity contribution >= 4 is 34.8 Å². The molecule has 13 heteroatoms. The molecule has 4 aliphatic rings. The lowest BCUT2D eigenvalue weighted by Crippen LogP contribution is -2.56. The molecular formula is C38H42FN7O5. The summed E-state index contributed by atoms with van der Waals surface area (Å²) in [5, 5.41) is 3.13. The SMILES string of the molecule is CC(=O)OCc1cccc(N2C(=O)c3cc4c(n3CC2(F)c2cc(Nc3ccc(N5CCN(C6COC6)CC5)cn3)c(=O)n(C)c2)CCCC4)c1. The molecular weight excluding hydrogens is 653 g/mol. The van der Waals surface area contributed by atoms with Crippen molar-refractivity contribution in [1.82, 2.24) is 19.0 Å². The highest BCUT2D eigenvalue weighted by Gasteiger charge is 2.50. The number of nitrogens with zero attached hydrogens (tertiary/aromatic N) is 6. The number of alkyl halides is 1. The Kier molecular flexibility index (Phi) is 8.63. The summed E-state index contributed by atoms with van der Waals surface area (Å²) in [6, 6.07) is 14.5. The van der Waals surface area contributed by atoms with E-state index >= 15 is 4.39 Å². The number of fused-ring (bicyclic) bond motifs is 3. The molecule has 12 nitrogen and oxygen atoms in total. The number of anilines is 4. The fraction of sp³-hybridized carbons (Fsp3) is 0.421. The van der Waals surface area contributed by atoms with Gasteiger partial charge in [0.15, 0.2) is 0 Å². The number of benzene rings is 1. The fourth-order valence-electron chi connectivity index (χ4n) is 7.77. The monoisotopic (exact) mass is 695 g/mol. The molecule has 0 spiro atoms. The van der Waals surface area contributed by atoms with Crippen molar-refractivity contribution < 1.29 is 23.5 Å². The van der Waals surface area contributed by atoms with Gasteiger partial charge in [-0.3, -0.25) is 24.2 Å². The Morgan fingerprint density at radius 3 is 2.57 bits per heavy atom. The highest BCUT2D eigenvalue weighted by Crippen LogP contribution is 2.43. The zero-order valence-corrected chi connectivity index (χ0v) is 28.9. The van der Waals surface area contributed by atoms with E-state index in [0.717, 1.165) is 82.0 Å². The summed E-state index contributed by atoms with van der Waals surface area (Å²) < 4.78 is 32.0. The van der Waals surface area contributed by atoms with Gasteiger partial charge in [0.05, 0.1) is 37.7 Å². The normalized spacial score (nSPS) is 20.8. The van der Waals surface area contributed by atoms with Crippen LogP contribution in [0.3, 0.4) is 0 Å². The van der Waals surface area contributed by atoms with Crippen LogP contribution in [-0.4, -0.2) is 76.3 Å². The molecule has 1 amide bonds. The molecule has 1 unspecified atom stereocenters. The number of halogens is 1. The second kappa shape index (κ2) is 13.3. The Morgan fingerprint density at radius 2 is 1.84 bits per heavy atom. The van der Waals surface area contributed by atoms with Gasteiger partial charge in [-0.15, -0.1) is 0 Å². The molecule has 1 aliphatic carbocycles. The third kappa shape index (κ3) is 6.18. The van der Waals surface area contributed by atoms with Crippen molar-refractivity contribution in [3.8, 4) is 0 Å². The average Bonchev–Trinajstić information content (AvgIpc) is 3.48. The standard InChI is InChI=1S/C38H42FN7O5/c1-25(47)51-21-26-6-5-8-29(16-26)46-37(49)34-17-27-7-3-4-9-33(27)45(34)24-38(46,39)28-18-32(36(48)42(2)20-28)41-35-11-10-30(19-40-35)43-12-14-44(15-13-43)31-22-50-23-31/h5-6,8,10-11,16-20,31H,3-4,7,9,12-15,21-24H2,1-2H3,(H,40,41). The van der Waals surface area contributed by atoms with Gasteiger partial charge in [-0.2, -0.15) is 0 Å². The van der Waals surface area contributed by atoms with Gasteiger partial charge in [0.25, 0.3) is 11.5 Å². The highest BCUT2D eigenvalue weighted by molar-refractivity contribution is 6.07. The zero-order chi connectivity index (χ0) is 35.3. The second-order valence-corrected chi connectivity index (χ2v) is 13.9. The first-order valence-corrected chi connectivity index (χ1v) is 17.7. The summed E-state index contributed by atoms with van der Waals surface area (Å²) in [5.41, 5.74) is 4.34. The number of hydrogen-bond donors (Lipinski definition) is 1. The Morgan fingerprint density at radius 1 is 1.04 bits per heavy atom. The molecule has 1 aromatic carbocycles. The zero-order valence-electron chi connectivity index (χ0n) is 28.9. The molecule has 2 fully saturated rings. The van der Waals surface area contributed by atoms with E-state index in [1.165, 1.54) is 28.7 Å². The number of piperazine rings is 1. The summed E-state index contributed by atoms with van der Waals surface area (Å²) in [6.07, 6.45) is 6.84. The molecule has 1 atom stereocenters. The summed E-state index contributed by atoms with van der Waals surface area (Å²) in [6.45, 7) is 6.48. The maximum Gasteiger partial charge on any atom is 0.302 e. The maximum atomic E-state index is 18.3. The minimum absolute atomic E-state index is 0.0129. The number of carbonyl (C=O) groups excluding carboxylic acids is 2. The van der Waals surface area contributed by atoms with Crippen LogP contribution in [0, 0.1) is 0 Å². The minimum Gasteiger partial charge on any atom is -0.461 e. The van der Waals surface area contributed by atoms with Crippen molar-refractivity contribution in [3.05, 3.63) is 99.4 Å². The molecule has 2 saturated heterocycles. The molecule has 3 aliphatic heterocycles. The van der Waals surface area contributed by atoms with Gasteiger partial charge in [-0.25, -0.2) is 9.37 Å².